The van der Waals surface area contributed by atoms with E-state index in [9.17, 15) is 14.0 Å². The third kappa shape index (κ3) is 5.18. The van der Waals surface area contributed by atoms with Crippen molar-refractivity contribution in [1.82, 2.24) is 19.6 Å². The topological polar surface area (TPSA) is 56.3 Å². The quantitative estimate of drug-likeness (QED) is 0.685. The van der Waals surface area contributed by atoms with E-state index in [4.69, 9.17) is 4.74 Å². The van der Waals surface area contributed by atoms with Crippen LogP contribution in [0, 0.1) is 5.82 Å². The SMILES string of the molecule is COc1ccc(C(=O)N(CC(=O)N2CCN(C3CCN(C)CC3)CC2)C2CC2)cc1F. The lowest BCUT2D eigenvalue weighted by Gasteiger charge is -2.42. The number of benzene rings is 1. The number of methoxy groups -OCH3 is 1. The van der Waals surface area contributed by atoms with E-state index < -0.39 is 5.82 Å². The van der Waals surface area contributed by atoms with Crippen LogP contribution in [0.25, 0.3) is 0 Å². The summed E-state index contributed by atoms with van der Waals surface area (Å²) in [4.78, 5) is 34.4. The van der Waals surface area contributed by atoms with Gasteiger partial charge in [-0.2, -0.15) is 0 Å². The number of nitrogens with zero attached hydrogens (tertiary/aromatic N) is 4. The molecule has 2 heterocycles. The van der Waals surface area contributed by atoms with Crippen molar-refractivity contribution < 1.29 is 18.7 Å². The number of hydrogen-bond acceptors (Lipinski definition) is 5. The summed E-state index contributed by atoms with van der Waals surface area (Å²) in [6, 6.07) is 4.90. The van der Waals surface area contributed by atoms with Gasteiger partial charge in [-0.3, -0.25) is 14.5 Å². The number of amides is 2. The molecule has 2 saturated heterocycles. The van der Waals surface area contributed by atoms with Crippen molar-refractivity contribution in [3.8, 4) is 5.75 Å². The molecule has 1 saturated carbocycles. The van der Waals surface area contributed by atoms with Crippen LogP contribution in [0.15, 0.2) is 18.2 Å². The molecule has 4 rings (SSSR count). The molecular weight excluding hydrogens is 399 g/mol. The van der Waals surface area contributed by atoms with Crippen molar-refractivity contribution in [3.63, 3.8) is 0 Å². The summed E-state index contributed by atoms with van der Waals surface area (Å²) in [5.41, 5.74) is 0.255. The molecule has 1 aromatic rings. The molecule has 0 bridgehead atoms. The molecule has 31 heavy (non-hydrogen) atoms. The van der Waals surface area contributed by atoms with Gasteiger partial charge in [0.25, 0.3) is 5.91 Å². The lowest BCUT2D eigenvalue weighted by atomic mass is 10.0. The molecule has 7 nitrogen and oxygen atoms in total. The molecule has 2 aliphatic heterocycles. The Morgan fingerprint density at radius 3 is 2.32 bits per heavy atom. The van der Waals surface area contributed by atoms with Crippen LogP contribution in [0.5, 0.6) is 5.75 Å². The molecule has 0 spiro atoms. The minimum Gasteiger partial charge on any atom is -0.494 e. The van der Waals surface area contributed by atoms with E-state index in [1.165, 1.54) is 32.1 Å². The minimum atomic E-state index is -0.569. The van der Waals surface area contributed by atoms with E-state index in [-0.39, 0.29) is 35.7 Å². The first-order chi connectivity index (χ1) is 15.0. The van der Waals surface area contributed by atoms with Crippen molar-refractivity contribution >= 4 is 11.8 Å². The van der Waals surface area contributed by atoms with Crippen LogP contribution in [0.1, 0.15) is 36.0 Å². The smallest absolute Gasteiger partial charge is 0.254 e. The number of carbonyl (C=O) groups excluding carboxylic acids is 2. The number of likely N-dealkylation sites (tertiary alicyclic amines) is 1. The first kappa shape index (κ1) is 22.0. The maximum Gasteiger partial charge on any atom is 0.254 e. The molecule has 3 fully saturated rings. The summed E-state index contributed by atoms with van der Waals surface area (Å²) in [5.74, 6) is -0.770. The lowest BCUT2D eigenvalue weighted by molar-refractivity contribution is -0.134. The van der Waals surface area contributed by atoms with Gasteiger partial charge < -0.3 is 19.4 Å². The van der Waals surface area contributed by atoms with Crippen LogP contribution in [-0.4, -0.2) is 103 Å². The summed E-state index contributed by atoms with van der Waals surface area (Å²) in [5, 5.41) is 0. The number of piperazine rings is 1. The molecular formula is C23H33FN4O3. The zero-order valence-electron chi connectivity index (χ0n) is 18.6. The van der Waals surface area contributed by atoms with Gasteiger partial charge in [-0.05, 0) is 64.0 Å². The van der Waals surface area contributed by atoms with E-state index in [1.807, 2.05) is 4.90 Å². The Bertz CT molecular complexity index is 800. The Labute approximate surface area is 183 Å². The Hall–Kier alpha value is -2.19. The average molecular weight is 433 g/mol. The van der Waals surface area contributed by atoms with Gasteiger partial charge in [-0.25, -0.2) is 4.39 Å². The molecule has 0 aromatic heterocycles. The second-order valence-corrected chi connectivity index (χ2v) is 8.96. The van der Waals surface area contributed by atoms with Gasteiger partial charge in [-0.1, -0.05) is 0 Å². The van der Waals surface area contributed by atoms with Gasteiger partial charge in [0.2, 0.25) is 5.91 Å². The third-order valence-electron chi connectivity index (χ3n) is 6.82. The van der Waals surface area contributed by atoms with Crippen LogP contribution in [-0.2, 0) is 4.79 Å². The van der Waals surface area contributed by atoms with Gasteiger partial charge in [-0.15, -0.1) is 0 Å². The fourth-order valence-electron chi connectivity index (χ4n) is 4.66. The molecule has 0 radical (unpaired) electrons. The van der Waals surface area contributed by atoms with Crippen LogP contribution in [0.4, 0.5) is 4.39 Å². The number of carbonyl (C=O) groups is 2. The standard InChI is InChI=1S/C23H33FN4O3/c1-25-9-7-18(8-10-25)26-11-13-27(14-12-26)22(29)16-28(19-4-5-19)23(30)17-3-6-21(31-2)20(24)15-17/h3,6,15,18-19H,4-5,7-14,16H2,1-2H3. The van der Waals surface area contributed by atoms with Crippen molar-refractivity contribution in [1.29, 1.82) is 0 Å². The molecule has 0 unspecified atom stereocenters. The summed E-state index contributed by atoms with van der Waals surface area (Å²) in [6.45, 7) is 5.51. The first-order valence-electron chi connectivity index (χ1n) is 11.3. The van der Waals surface area contributed by atoms with Crippen molar-refractivity contribution in [2.75, 3.05) is 60.0 Å². The Morgan fingerprint density at radius 1 is 1.06 bits per heavy atom. The number of rotatable bonds is 6. The number of halogens is 1. The monoisotopic (exact) mass is 432 g/mol. The molecule has 3 aliphatic rings. The Kier molecular flexibility index (Phi) is 6.77. The van der Waals surface area contributed by atoms with Crippen LogP contribution < -0.4 is 4.74 Å². The van der Waals surface area contributed by atoms with E-state index in [1.54, 1.807) is 11.0 Å². The maximum atomic E-state index is 14.1. The van der Waals surface area contributed by atoms with E-state index in [0.717, 1.165) is 39.0 Å². The van der Waals surface area contributed by atoms with E-state index in [2.05, 4.69) is 16.8 Å². The van der Waals surface area contributed by atoms with E-state index >= 15 is 0 Å². The second-order valence-electron chi connectivity index (χ2n) is 8.96. The zero-order chi connectivity index (χ0) is 22.0. The third-order valence-corrected chi connectivity index (χ3v) is 6.82. The van der Waals surface area contributed by atoms with Crippen molar-refractivity contribution in [2.45, 2.75) is 37.8 Å². The highest BCUT2D eigenvalue weighted by Crippen LogP contribution is 2.29. The maximum absolute atomic E-state index is 14.1. The summed E-state index contributed by atoms with van der Waals surface area (Å²) in [7, 11) is 3.56. The molecule has 170 valence electrons. The zero-order valence-corrected chi connectivity index (χ0v) is 18.6. The van der Waals surface area contributed by atoms with Crippen molar-refractivity contribution in [3.05, 3.63) is 29.6 Å². The number of piperidine rings is 1. The molecule has 1 aliphatic carbocycles. The molecule has 8 heteroatoms. The minimum absolute atomic E-state index is 0.0164. The lowest BCUT2D eigenvalue weighted by Crippen LogP contribution is -2.55. The van der Waals surface area contributed by atoms with Crippen molar-refractivity contribution in [2.24, 2.45) is 0 Å². The Balaban J connectivity index is 1.33. The Morgan fingerprint density at radius 2 is 1.74 bits per heavy atom. The van der Waals surface area contributed by atoms with Gasteiger partial charge in [0.1, 0.15) is 6.54 Å². The highest BCUT2D eigenvalue weighted by atomic mass is 19.1. The average Bonchev–Trinajstić information content (AvgIpc) is 3.63. The number of hydrogen-bond donors (Lipinski definition) is 0. The van der Waals surface area contributed by atoms with Gasteiger partial charge in [0.15, 0.2) is 11.6 Å². The van der Waals surface area contributed by atoms with Crippen LogP contribution in [0.2, 0.25) is 0 Å². The van der Waals surface area contributed by atoms with Crippen LogP contribution in [0.3, 0.4) is 0 Å². The van der Waals surface area contributed by atoms with Gasteiger partial charge in [0.05, 0.1) is 7.11 Å². The number of ether oxygens (including phenoxy) is 1. The fraction of sp³-hybridized carbons (Fsp3) is 0.652. The van der Waals surface area contributed by atoms with Gasteiger partial charge >= 0.3 is 0 Å². The highest BCUT2D eigenvalue weighted by molar-refractivity contribution is 5.97. The fourth-order valence-corrected chi connectivity index (χ4v) is 4.66. The summed E-state index contributed by atoms with van der Waals surface area (Å²) in [6.07, 6.45) is 4.16. The summed E-state index contributed by atoms with van der Waals surface area (Å²) < 4.78 is 19.0. The van der Waals surface area contributed by atoms with E-state index in [0.29, 0.717) is 19.1 Å². The molecule has 2 amide bonds. The van der Waals surface area contributed by atoms with Gasteiger partial charge in [0, 0.05) is 43.8 Å². The predicted octanol–water partition coefficient (Wildman–Crippen LogP) is 1.68. The second kappa shape index (κ2) is 9.53. The molecule has 0 N–H and O–H groups in total. The molecule has 1 aromatic carbocycles. The molecule has 0 atom stereocenters. The first-order valence-corrected chi connectivity index (χ1v) is 11.3. The van der Waals surface area contributed by atoms with Crippen LogP contribution >= 0.6 is 0 Å². The highest BCUT2D eigenvalue weighted by Gasteiger charge is 2.36. The predicted molar refractivity (Wildman–Crippen MR) is 116 cm³/mol. The largest absolute Gasteiger partial charge is 0.494 e. The summed E-state index contributed by atoms with van der Waals surface area (Å²) >= 11 is 0. The normalized spacial score (nSPS) is 21.2.